The molecule has 1 fully saturated rings. The Morgan fingerprint density at radius 2 is 0.847 bits per heavy atom. The van der Waals surface area contributed by atoms with Gasteiger partial charge in [-0.2, -0.15) is 0 Å². The highest BCUT2D eigenvalue weighted by molar-refractivity contribution is 8.00. The van der Waals surface area contributed by atoms with Crippen molar-refractivity contribution < 1.29 is 142 Å². The summed E-state index contributed by atoms with van der Waals surface area (Å²) < 4.78 is 0. The molecule has 0 aliphatic carbocycles. The molecule has 47 nitrogen and oxygen atoms in total. The average molecular weight is 1870 g/mol. The van der Waals surface area contributed by atoms with Gasteiger partial charge in [0.25, 0.3) is 0 Å². The zero-order chi connectivity index (χ0) is 97.9. The number of aliphatic carboxylic acids is 3. The quantitative estimate of drug-likeness (QED) is 0.0184. The number of phenols is 2. The van der Waals surface area contributed by atoms with Crippen LogP contribution in [0.1, 0.15) is 123 Å². The molecule has 18 amide bonds. The van der Waals surface area contributed by atoms with Crippen LogP contribution in [0.15, 0.2) is 78.9 Å². The number of nitrogens with two attached hydrogens (primary N) is 1. The van der Waals surface area contributed by atoms with E-state index >= 15 is 0 Å². The molecule has 3 aromatic carbocycles. The molecule has 0 saturated carbocycles. The van der Waals surface area contributed by atoms with Gasteiger partial charge < -0.3 is 137 Å². The van der Waals surface area contributed by atoms with Gasteiger partial charge in [-0.15, -0.1) is 11.8 Å². The summed E-state index contributed by atoms with van der Waals surface area (Å²) in [4.78, 5) is 269. The summed E-state index contributed by atoms with van der Waals surface area (Å²) in [7, 11) is 0. The number of rotatable bonds is 59. The van der Waals surface area contributed by atoms with Crippen molar-refractivity contribution in [2.75, 3.05) is 57.4 Å². The molecule has 0 radical (unpaired) electrons. The maximum Gasteiger partial charge on any atom is 0.324 e. The highest BCUT2D eigenvalue weighted by Gasteiger charge is 2.41. The number of phenolic OH excluding ortho intramolecular Hbond substituents is 2. The van der Waals surface area contributed by atoms with Gasteiger partial charge >= 0.3 is 23.9 Å². The number of benzene rings is 3. The summed E-state index contributed by atoms with van der Waals surface area (Å²) in [6.45, 7) is 6.72. The molecule has 16 atom stereocenters. The predicted octanol–water partition coefficient (Wildman–Crippen LogP) is -7.25. The topological polar surface area (TPSA) is 745 Å². The molecule has 3 aromatic rings. The molecule has 722 valence electrons. The number of aliphatic hydroxyl groups is 4. The summed E-state index contributed by atoms with van der Waals surface area (Å²) in [6.07, 6.45) is -6.47. The lowest BCUT2D eigenvalue weighted by Gasteiger charge is -2.30. The number of carboxylic acid groups (broad SMARTS) is 3. The van der Waals surface area contributed by atoms with Crippen LogP contribution in [0.5, 0.6) is 11.5 Å². The van der Waals surface area contributed by atoms with Crippen LogP contribution in [-0.4, -0.2) is 318 Å². The minimum Gasteiger partial charge on any atom is -0.508 e. The first-order chi connectivity index (χ1) is 61.9. The minimum atomic E-state index is -2.23. The van der Waals surface area contributed by atoms with Crippen LogP contribution in [0.25, 0.3) is 0 Å². The fourth-order valence-electron chi connectivity index (χ4n) is 12.8. The highest BCUT2D eigenvalue weighted by Crippen LogP contribution is 2.18. The number of amides is 18. The molecule has 48 heteroatoms. The highest BCUT2D eigenvalue weighted by atomic mass is 32.2. The first-order valence-electron chi connectivity index (χ1n) is 42.0. The first kappa shape index (κ1) is 110. The predicted molar refractivity (Wildman–Crippen MR) is 464 cm³/mol. The Hall–Kier alpha value is -13.2. The Morgan fingerprint density at radius 3 is 1.31 bits per heavy atom. The van der Waals surface area contributed by atoms with Crippen molar-refractivity contribution in [3.8, 4) is 11.5 Å². The van der Waals surface area contributed by atoms with E-state index in [4.69, 9.17) is 5.73 Å². The van der Waals surface area contributed by atoms with Gasteiger partial charge in [-0.05, 0) is 106 Å². The molecule has 1 saturated heterocycles. The monoisotopic (exact) mass is 1860 g/mol. The number of urea groups is 1. The van der Waals surface area contributed by atoms with Crippen molar-refractivity contribution in [2.24, 2.45) is 17.6 Å². The number of hydrogen-bond donors (Lipinski definition) is 26. The lowest BCUT2D eigenvalue weighted by molar-refractivity contribution is -0.142. The van der Waals surface area contributed by atoms with Crippen molar-refractivity contribution >= 4 is 130 Å². The number of carboxylic acids is 3. The van der Waals surface area contributed by atoms with Crippen LogP contribution >= 0.6 is 11.8 Å². The van der Waals surface area contributed by atoms with Crippen molar-refractivity contribution in [2.45, 2.75) is 216 Å². The van der Waals surface area contributed by atoms with Gasteiger partial charge in [-0.3, -0.25) is 96.0 Å². The van der Waals surface area contributed by atoms with E-state index in [0.29, 0.717) is 36.9 Å². The molecule has 27 N–H and O–H groups in total. The van der Waals surface area contributed by atoms with E-state index in [1.807, 2.05) is 0 Å². The standard InChI is InChI=1S/C83H120N18O29S/c1-8-43(4)68(80(127)94-55(33-49-19-23-51(107)24-20-49)74(121)90-53(30-42(2)3)73(120)92-57(34-66(114)115)72(119)88-44(5)14-12-13-27-84)99-79(126)60(39-103)96-75(122)54(32-48-17-21-50(106)22-18-48)91-76(123)58(35-67(116)117)93-78(125)59(38-102)97-82(129)70(46(7)105)100-77(124)56(31-47-15-10-9-11-16-47)95-81(128)69(45(6)104)98-61(108)36-86-71(118)52(25-26-65(112)113)89-63(110)41-131-40-62(109)85-28-29-101-64(111)37-87-83(101)130/h9-11,15-24,42-46,52-60,68-70,102-107H,8,12-14,25-41,84H2,1-7H3,(H,85,109)(H,86,118)(H,87,130)(H,88,119)(H,89,110)(H,90,121)(H,91,123)(H,92,120)(H,93,125)(H,94,127)(H,95,128)(H,96,122)(H,97,129)(H,98,108)(H,99,126)(H,100,124)(H,112,113)(H,114,115)(H,116,117)/t43-,44+,45+,46+,52-,53-,54-,55-,56-,57-,58-,59-,60-,68-,69-,70-/m0/s1. The first-order valence-corrected chi connectivity index (χ1v) is 43.2. The zero-order valence-electron chi connectivity index (χ0n) is 73.3. The van der Waals surface area contributed by atoms with E-state index in [-0.39, 0.29) is 67.6 Å². The third-order valence-electron chi connectivity index (χ3n) is 20.1. The van der Waals surface area contributed by atoms with E-state index in [1.54, 1.807) is 45.9 Å². The van der Waals surface area contributed by atoms with Gasteiger partial charge in [0.05, 0.1) is 62.9 Å². The van der Waals surface area contributed by atoms with E-state index in [9.17, 15) is 142 Å². The largest absolute Gasteiger partial charge is 0.508 e. The summed E-state index contributed by atoms with van der Waals surface area (Å²) in [5.74, 6) is -24.3. The molecular formula is C83H120N18O29S. The summed E-state index contributed by atoms with van der Waals surface area (Å²) in [6, 6.07) is -5.06. The number of nitrogens with zero attached hydrogens (tertiary/aromatic N) is 1. The van der Waals surface area contributed by atoms with Crippen LogP contribution in [0.4, 0.5) is 4.79 Å². The number of thioether (sulfide) groups is 1. The van der Waals surface area contributed by atoms with Crippen LogP contribution in [0.3, 0.4) is 0 Å². The molecule has 0 bridgehead atoms. The van der Waals surface area contributed by atoms with Gasteiger partial charge in [0.1, 0.15) is 84.0 Å². The van der Waals surface area contributed by atoms with E-state index in [0.717, 1.165) is 30.5 Å². The fourth-order valence-corrected chi connectivity index (χ4v) is 13.5. The number of carbonyl (C=O) groups is 20. The SMILES string of the molecule is CC[C@H](C)[C@H](NC(=O)[C@H](CO)NC(=O)[C@H](Cc1ccc(O)cc1)NC(=O)[C@H](CC(=O)O)NC(=O)[C@H](CO)NC(=O)[C@@H](NC(=O)[C@H](Cc1ccccc1)NC(=O)[C@@H](NC(=O)CNC(=O)[C@H](CCC(=O)O)NC(=O)CSCC(=O)NCCN1C(=O)CNC1=O)[C@@H](C)O)[C@@H](C)O)C(=O)N[C@@H](Cc1ccc(O)cc1)C(=O)N[C@@H](CC(C)C)C(=O)N[C@@H](CC(=O)O)C(=O)N[C@H](C)CCCCN. The number of aliphatic hydroxyl groups excluding tert-OH is 4. The van der Waals surface area contributed by atoms with Crippen LogP contribution < -0.4 is 90.8 Å². The van der Waals surface area contributed by atoms with Gasteiger partial charge in [-0.25, -0.2) is 4.79 Å². The Labute approximate surface area is 757 Å². The number of unbranched alkanes of at least 4 members (excludes halogenated alkanes) is 1. The molecular weight excluding hydrogens is 1750 g/mol. The number of nitrogens with one attached hydrogen (secondary N) is 16. The second-order valence-electron chi connectivity index (χ2n) is 31.5. The molecule has 1 aliphatic rings. The maximum atomic E-state index is 14.7. The average Bonchev–Trinajstić information content (AvgIpc) is 1.01. The fraction of sp³-hybridized carbons (Fsp3) is 0.542. The van der Waals surface area contributed by atoms with Gasteiger partial charge in [0, 0.05) is 44.8 Å². The Kier molecular flexibility index (Phi) is 47.3. The second-order valence-corrected chi connectivity index (χ2v) is 32.5. The third kappa shape index (κ3) is 39.8. The summed E-state index contributed by atoms with van der Waals surface area (Å²) in [5.41, 5.74) is 6.47. The van der Waals surface area contributed by atoms with E-state index in [1.165, 1.54) is 67.6 Å². The minimum absolute atomic E-state index is 0.0814. The van der Waals surface area contributed by atoms with Gasteiger partial charge in [0.15, 0.2) is 0 Å². The molecule has 131 heavy (non-hydrogen) atoms. The third-order valence-corrected chi connectivity index (χ3v) is 21.1. The van der Waals surface area contributed by atoms with Crippen molar-refractivity contribution in [3.05, 3.63) is 95.6 Å². The van der Waals surface area contributed by atoms with Crippen LogP contribution in [0, 0.1) is 11.8 Å². The molecule has 1 aliphatic heterocycles. The molecule has 4 rings (SSSR count). The Balaban J connectivity index is 1.53. The van der Waals surface area contributed by atoms with Gasteiger partial charge in [-0.1, -0.05) is 95.1 Å². The van der Waals surface area contributed by atoms with E-state index < -0.39 is 279 Å². The number of imide groups is 1. The maximum absolute atomic E-state index is 14.7. The second kappa shape index (κ2) is 56.3. The lowest BCUT2D eigenvalue weighted by Crippen LogP contribution is -2.63. The van der Waals surface area contributed by atoms with Crippen molar-refractivity contribution in [1.82, 2.24) is 90.0 Å². The Bertz CT molecular complexity index is 4420. The lowest BCUT2D eigenvalue weighted by atomic mass is 9.96. The van der Waals surface area contributed by atoms with Gasteiger partial charge in [0.2, 0.25) is 94.5 Å². The van der Waals surface area contributed by atoms with Crippen LogP contribution in [-0.2, 0) is 110 Å². The summed E-state index contributed by atoms with van der Waals surface area (Å²) in [5, 5.41) is 130. The smallest absolute Gasteiger partial charge is 0.324 e. The van der Waals surface area contributed by atoms with Crippen LogP contribution in [0.2, 0.25) is 0 Å². The van der Waals surface area contributed by atoms with E-state index in [2.05, 4.69) is 85.1 Å². The van der Waals surface area contributed by atoms with Crippen molar-refractivity contribution in [3.63, 3.8) is 0 Å². The summed E-state index contributed by atoms with van der Waals surface area (Å²) >= 11 is 0.783. The zero-order valence-corrected chi connectivity index (χ0v) is 74.1. The Morgan fingerprint density at radius 1 is 0.435 bits per heavy atom. The normalized spacial score (nSPS) is 15.4. The molecule has 0 unspecified atom stereocenters. The molecule has 0 aromatic heterocycles. The number of carbonyl (C=O) groups excluding carboxylic acids is 17. The molecule has 1 heterocycles. The number of aromatic hydroxyl groups is 2. The van der Waals surface area contributed by atoms with Crippen molar-refractivity contribution in [1.29, 1.82) is 0 Å². The molecule has 0 spiro atoms. The number of hydrogen-bond acceptors (Lipinski definition) is 28.